The van der Waals surface area contributed by atoms with E-state index in [1.807, 2.05) is 0 Å². The van der Waals surface area contributed by atoms with Crippen molar-refractivity contribution < 1.29 is 23.9 Å². The van der Waals surface area contributed by atoms with Gasteiger partial charge in [-0.25, -0.2) is 0 Å². The third-order valence-corrected chi connectivity index (χ3v) is 7.06. The van der Waals surface area contributed by atoms with Crippen LogP contribution in [0.2, 0.25) is 0 Å². The molecule has 164 valence electrons. The molecule has 29 heavy (non-hydrogen) atoms. The number of carbonyl (C=O) groups is 3. The second-order valence-corrected chi connectivity index (χ2v) is 9.36. The summed E-state index contributed by atoms with van der Waals surface area (Å²) >= 11 is 0. The molecule has 3 fully saturated rings. The summed E-state index contributed by atoms with van der Waals surface area (Å²) in [6, 6.07) is 0. The molecule has 0 heterocycles. The molecule has 0 N–H and O–H groups in total. The van der Waals surface area contributed by atoms with Crippen LogP contribution in [0.5, 0.6) is 0 Å². The quantitative estimate of drug-likeness (QED) is 0.522. The van der Waals surface area contributed by atoms with Crippen molar-refractivity contribution in [1.29, 1.82) is 0 Å². The molecule has 5 heteroatoms. The number of hydrogen-bond donors (Lipinski definition) is 0. The topological polar surface area (TPSA) is 69.7 Å². The SMILES string of the molecule is O=C(CC(COC(=O)C1CCCCC1)OC(=O)C1CCCCC1)C1CCCCC1. The van der Waals surface area contributed by atoms with Crippen LogP contribution in [-0.4, -0.2) is 30.4 Å². The molecule has 0 aromatic heterocycles. The van der Waals surface area contributed by atoms with Crippen LogP contribution in [0.1, 0.15) is 103 Å². The van der Waals surface area contributed by atoms with Crippen LogP contribution >= 0.6 is 0 Å². The van der Waals surface area contributed by atoms with E-state index in [9.17, 15) is 14.4 Å². The van der Waals surface area contributed by atoms with Crippen LogP contribution in [0, 0.1) is 17.8 Å². The first-order valence-corrected chi connectivity index (χ1v) is 12.0. The third-order valence-electron chi connectivity index (χ3n) is 7.06. The van der Waals surface area contributed by atoms with E-state index in [1.165, 1.54) is 19.3 Å². The lowest BCUT2D eigenvalue weighted by Gasteiger charge is -2.27. The Morgan fingerprint density at radius 3 is 1.59 bits per heavy atom. The van der Waals surface area contributed by atoms with Gasteiger partial charge in [0, 0.05) is 12.3 Å². The van der Waals surface area contributed by atoms with Gasteiger partial charge in [0.1, 0.15) is 18.5 Å². The molecule has 3 aliphatic carbocycles. The summed E-state index contributed by atoms with van der Waals surface area (Å²) in [6.45, 7) is 0.0201. The second-order valence-electron chi connectivity index (χ2n) is 9.36. The van der Waals surface area contributed by atoms with Crippen LogP contribution in [0.15, 0.2) is 0 Å². The lowest BCUT2D eigenvalue weighted by atomic mass is 9.84. The Hall–Kier alpha value is -1.39. The maximum atomic E-state index is 12.8. The molecule has 0 spiro atoms. The highest BCUT2D eigenvalue weighted by molar-refractivity contribution is 5.82. The molecule has 1 unspecified atom stereocenters. The smallest absolute Gasteiger partial charge is 0.309 e. The summed E-state index contributed by atoms with van der Waals surface area (Å²) < 4.78 is 11.3. The number of Topliss-reactive ketones (excluding diaryl/α,β-unsaturated/α-hetero) is 1. The Bertz CT molecular complexity index is 507. The van der Waals surface area contributed by atoms with E-state index in [0.29, 0.717) is 0 Å². The molecular formula is C24H38O5. The highest BCUT2D eigenvalue weighted by Gasteiger charge is 2.31. The number of carbonyl (C=O) groups excluding carboxylic acids is 3. The summed E-state index contributed by atoms with van der Waals surface area (Å²) in [5.74, 6) is -0.250. The molecule has 0 aromatic carbocycles. The molecule has 0 aliphatic heterocycles. The van der Waals surface area contributed by atoms with Crippen molar-refractivity contribution in [3.63, 3.8) is 0 Å². The standard InChI is InChI=1S/C24H38O5/c25-22(18-10-4-1-5-11-18)16-21(29-24(27)20-14-8-3-9-15-20)17-28-23(26)19-12-6-2-7-13-19/h18-21H,1-17H2. The van der Waals surface area contributed by atoms with Gasteiger partial charge in [0.25, 0.3) is 0 Å². The Kier molecular flexibility index (Phi) is 9.00. The van der Waals surface area contributed by atoms with E-state index in [1.54, 1.807) is 0 Å². The van der Waals surface area contributed by atoms with Crippen molar-refractivity contribution in [2.45, 2.75) is 109 Å². The van der Waals surface area contributed by atoms with Crippen LogP contribution in [0.25, 0.3) is 0 Å². The van der Waals surface area contributed by atoms with Crippen LogP contribution < -0.4 is 0 Å². The fraction of sp³-hybridized carbons (Fsp3) is 0.875. The fourth-order valence-electron chi connectivity index (χ4n) is 5.18. The zero-order valence-electron chi connectivity index (χ0n) is 17.9. The summed E-state index contributed by atoms with van der Waals surface area (Å²) in [7, 11) is 0. The van der Waals surface area contributed by atoms with Gasteiger partial charge in [-0.3, -0.25) is 14.4 Å². The summed E-state index contributed by atoms with van der Waals surface area (Å²) in [6.07, 6.45) is 14.9. The van der Waals surface area contributed by atoms with Gasteiger partial charge in [0.15, 0.2) is 0 Å². The molecule has 3 saturated carbocycles. The van der Waals surface area contributed by atoms with E-state index in [0.717, 1.165) is 77.0 Å². The van der Waals surface area contributed by atoms with Gasteiger partial charge < -0.3 is 9.47 Å². The summed E-state index contributed by atoms with van der Waals surface area (Å²) in [5, 5.41) is 0. The number of ketones is 1. The van der Waals surface area contributed by atoms with Crippen molar-refractivity contribution in [3.8, 4) is 0 Å². The lowest BCUT2D eigenvalue weighted by Crippen LogP contribution is -2.34. The molecular weight excluding hydrogens is 368 g/mol. The van der Waals surface area contributed by atoms with Gasteiger partial charge in [-0.05, 0) is 38.5 Å². The average Bonchev–Trinajstić information content (AvgIpc) is 2.79. The number of ether oxygens (including phenoxy) is 2. The molecule has 0 aromatic rings. The van der Waals surface area contributed by atoms with E-state index in [-0.39, 0.29) is 48.5 Å². The first kappa shape index (κ1) is 22.3. The maximum Gasteiger partial charge on any atom is 0.309 e. The predicted molar refractivity (Wildman–Crippen MR) is 110 cm³/mol. The number of hydrogen-bond acceptors (Lipinski definition) is 5. The third kappa shape index (κ3) is 7.11. The minimum atomic E-state index is -0.633. The summed E-state index contributed by atoms with van der Waals surface area (Å²) in [4.78, 5) is 37.8. The highest BCUT2D eigenvalue weighted by atomic mass is 16.6. The molecule has 0 radical (unpaired) electrons. The van der Waals surface area contributed by atoms with Gasteiger partial charge in [-0.15, -0.1) is 0 Å². The highest BCUT2D eigenvalue weighted by Crippen LogP contribution is 2.29. The van der Waals surface area contributed by atoms with Crippen molar-refractivity contribution >= 4 is 17.7 Å². The molecule has 0 saturated heterocycles. The first-order chi connectivity index (χ1) is 14.1. The monoisotopic (exact) mass is 406 g/mol. The molecule has 0 amide bonds. The maximum absolute atomic E-state index is 12.8. The largest absolute Gasteiger partial charge is 0.462 e. The molecule has 5 nitrogen and oxygen atoms in total. The predicted octanol–water partition coefficient (Wildman–Crippen LogP) is 5.14. The zero-order valence-corrected chi connectivity index (χ0v) is 17.9. The average molecular weight is 407 g/mol. The lowest BCUT2D eigenvalue weighted by molar-refractivity contribution is -0.166. The fourth-order valence-corrected chi connectivity index (χ4v) is 5.18. The molecule has 3 rings (SSSR count). The van der Waals surface area contributed by atoms with E-state index in [2.05, 4.69) is 0 Å². The van der Waals surface area contributed by atoms with E-state index in [4.69, 9.17) is 9.47 Å². The Labute approximate surface area is 175 Å². The van der Waals surface area contributed by atoms with Crippen LogP contribution in [0.3, 0.4) is 0 Å². The van der Waals surface area contributed by atoms with Crippen molar-refractivity contribution in [2.24, 2.45) is 17.8 Å². The van der Waals surface area contributed by atoms with Crippen molar-refractivity contribution in [3.05, 3.63) is 0 Å². The number of esters is 2. The minimum Gasteiger partial charge on any atom is -0.462 e. The van der Waals surface area contributed by atoms with Gasteiger partial charge in [0.2, 0.25) is 0 Å². The second kappa shape index (κ2) is 11.7. The normalized spacial score (nSPS) is 23.3. The summed E-state index contributed by atoms with van der Waals surface area (Å²) in [5.41, 5.74) is 0. The Morgan fingerprint density at radius 2 is 1.07 bits per heavy atom. The van der Waals surface area contributed by atoms with Gasteiger partial charge in [-0.2, -0.15) is 0 Å². The first-order valence-electron chi connectivity index (χ1n) is 12.0. The van der Waals surface area contributed by atoms with Gasteiger partial charge in [0.05, 0.1) is 11.8 Å². The van der Waals surface area contributed by atoms with E-state index < -0.39 is 6.10 Å². The molecule has 1 atom stereocenters. The minimum absolute atomic E-state index is 0.0201. The molecule has 0 bridgehead atoms. The van der Waals surface area contributed by atoms with Gasteiger partial charge in [-0.1, -0.05) is 57.8 Å². The zero-order chi connectivity index (χ0) is 20.5. The van der Waals surface area contributed by atoms with Crippen molar-refractivity contribution in [2.75, 3.05) is 6.61 Å². The molecule has 3 aliphatic rings. The number of rotatable bonds is 8. The Balaban J connectivity index is 1.54. The van der Waals surface area contributed by atoms with Crippen LogP contribution in [-0.2, 0) is 23.9 Å². The van der Waals surface area contributed by atoms with Crippen molar-refractivity contribution in [1.82, 2.24) is 0 Å². The van der Waals surface area contributed by atoms with Gasteiger partial charge >= 0.3 is 11.9 Å². The van der Waals surface area contributed by atoms with Crippen LogP contribution in [0.4, 0.5) is 0 Å². The Morgan fingerprint density at radius 1 is 0.621 bits per heavy atom. The van der Waals surface area contributed by atoms with E-state index >= 15 is 0 Å².